The van der Waals surface area contributed by atoms with Crippen molar-refractivity contribution >= 4 is 15.9 Å². The summed E-state index contributed by atoms with van der Waals surface area (Å²) in [7, 11) is 1.64. The molecule has 0 spiro atoms. The molecule has 1 fully saturated rings. The van der Waals surface area contributed by atoms with E-state index >= 15 is 0 Å². The van der Waals surface area contributed by atoms with Gasteiger partial charge >= 0.3 is 0 Å². The van der Waals surface area contributed by atoms with E-state index in [0.29, 0.717) is 6.42 Å². The third kappa shape index (κ3) is 3.21. The average molecular weight is 301 g/mol. The topological polar surface area (TPSA) is 38.7 Å². The molecule has 17 heavy (non-hydrogen) atoms. The molecular weight excluding hydrogens is 284 g/mol. The van der Waals surface area contributed by atoms with Crippen LogP contribution in [0.4, 0.5) is 0 Å². The molecule has 2 atom stereocenters. The summed E-state index contributed by atoms with van der Waals surface area (Å²) >= 11 is 3.44. The van der Waals surface area contributed by atoms with Gasteiger partial charge in [-0.2, -0.15) is 0 Å². The predicted molar refractivity (Wildman–Crippen MR) is 69.4 cm³/mol. The molecule has 0 bridgehead atoms. The van der Waals surface area contributed by atoms with Crippen LogP contribution in [0.5, 0.6) is 5.75 Å². The maximum Gasteiger partial charge on any atom is 0.133 e. The summed E-state index contributed by atoms with van der Waals surface area (Å²) in [6.45, 7) is 0.772. The fraction of sp³-hybridized carbons (Fsp3) is 0.538. The van der Waals surface area contributed by atoms with E-state index in [4.69, 9.17) is 9.47 Å². The van der Waals surface area contributed by atoms with Crippen LogP contribution in [0, 0.1) is 0 Å². The van der Waals surface area contributed by atoms with E-state index in [0.717, 1.165) is 35.2 Å². The average Bonchev–Trinajstić information content (AvgIpc) is 2.82. The molecule has 0 saturated carbocycles. The summed E-state index contributed by atoms with van der Waals surface area (Å²) in [5, 5.41) is 10.0. The fourth-order valence-electron chi connectivity index (χ4n) is 2.12. The molecule has 0 radical (unpaired) electrons. The van der Waals surface area contributed by atoms with Gasteiger partial charge in [-0.25, -0.2) is 0 Å². The van der Waals surface area contributed by atoms with Crippen molar-refractivity contribution in [3.63, 3.8) is 0 Å². The molecule has 0 aromatic heterocycles. The van der Waals surface area contributed by atoms with E-state index < -0.39 is 6.10 Å². The number of aliphatic hydroxyl groups excluding tert-OH is 1. The van der Waals surface area contributed by atoms with Gasteiger partial charge in [0.15, 0.2) is 0 Å². The highest BCUT2D eigenvalue weighted by molar-refractivity contribution is 9.10. The quantitative estimate of drug-likeness (QED) is 0.929. The lowest BCUT2D eigenvalue weighted by Gasteiger charge is -2.17. The maximum atomic E-state index is 10.0. The van der Waals surface area contributed by atoms with E-state index in [2.05, 4.69) is 15.9 Å². The van der Waals surface area contributed by atoms with Crippen LogP contribution in [0.2, 0.25) is 0 Å². The van der Waals surface area contributed by atoms with E-state index in [1.165, 1.54) is 0 Å². The largest absolute Gasteiger partial charge is 0.496 e. The second kappa shape index (κ2) is 5.85. The molecule has 1 aromatic carbocycles. The zero-order chi connectivity index (χ0) is 12.3. The molecule has 1 aliphatic rings. The Hall–Kier alpha value is -0.580. The number of hydrogen-bond donors (Lipinski definition) is 1. The van der Waals surface area contributed by atoms with Crippen molar-refractivity contribution in [3.8, 4) is 5.75 Å². The van der Waals surface area contributed by atoms with Crippen LogP contribution in [0.25, 0.3) is 0 Å². The highest BCUT2D eigenvalue weighted by atomic mass is 79.9. The highest BCUT2D eigenvalue weighted by Crippen LogP contribution is 2.27. The van der Waals surface area contributed by atoms with Crippen LogP contribution in [-0.4, -0.2) is 31.0 Å². The lowest BCUT2D eigenvalue weighted by atomic mass is 10.0. The van der Waals surface area contributed by atoms with Gasteiger partial charge in [0.2, 0.25) is 0 Å². The molecule has 1 N–H and O–H groups in total. The van der Waals surface area contributed by atoms with Gasteiger partial charge < -0.3 is 14.6 Å². The van der Waals surface area contributed by atoms with Crippen LogP contribution in [0.1, 0.15) is 18.4 Å². The Morgan fingerprint density at radius 2 is 2.41 bits per heavy atom. The molecule has 1 saturated heterocycles. The molecule has 2 unspecified atom stereocenters. The number of aliphatic hydroxyl groups is 1. The van der Waals surface area contributed by atoms with Crippen molar-refractivity contribution in [2.24, 2.45) is 0 Å². The molecule has 0 aliphatic carbocycles. The van der Waals surface area contributed by atoms with Gasteiger partial charge in [-0.15, -0.1) is 0 Å². The Balaban J connectivity index is 2.00. The normalized spacial score (nSPS) is 21.5. The SMILES string of the molecule is COc1ccc(CC(O)C2CCCO2)cc1Br. The number of benzene rings is 1. The highest BCUT2D eigenvalue weighted by Gasteiger charge is 2.24. The van der Waals surface area contributed by atoms with Gasteiger partial charge in [0.25, 0.3) is 0 Å². The van der Waals surface area contributed by atoms with Crippen LogP contribution < -0.4 is 4.74 Å². The molecule has 1 aromatic rings. The smallest absolute Gasteiger partial charge is 0.133 e. The number of rotatable bonds is 4. The van der Waals surface area contributed by atoms with Crippen molar-refractivity contribution in [2.45, 2.75) is 31.5 Å². The Kier molecular flexibility index (Phi) is 4.42. The van der Waals surface area contributed by atoms with E-state index in [-0.39, 0.29) is 6.10 Å². The van der Waals surface area contributed by atoms with E-state index in [1.807, 2.05) is 18.2 Å². The number of ether oxygens (including phenoxy) is 2. The Labute approximate surface area is 110 Å². The summed E-state index contributed by atoms with van der Waals surface area (Å²) in [4.78, 5) is 0. The monoisotopic (exact) mass is 300 g/mol. The first-order chi connectivity index (χ1) is 8.20. The lowest BCUT2D eigenvalue weighted by Crippen LogP contribution is -2.27. The molecule has 4 heteroatoms. The zero-order valence-electron chi connectivity index (χ0n) is 9.86. The molecule has 1 aliphatic heterocycles. The van der Waals surface area contributed by atoms with Crippen LogP contribution in [-0.2, 0) is 11.2 Å². The summed E-state index contributed by atoms with van der Waals surface area (Å²) in [6, 6.07) is 5.86. The Morgan fingerprint density at radius 3 is 3.00 bits per heavy atom. The van der Waals surface area contributed by atoms with Crippen LogP contribution >= 0.6 is 15.9 Å². The van der Waals surface area contributed by atoms with E-state index in [1.54, 1.807) is 7.11 Å². The third-order valence-electron chi connectivity index (χ3n) is 3.06. The molecular formula is C13H17BrO3. The first kappa shape index (κ1) is 12.9. The van der Waals surface area contributed by atoms with Crippen LogP contribution in [0.15, 0.2) is 22.7 Å². The van der Waals surface area contributed by atoms with Crippen molar-refractivity contribution in [1.82, 2.24) is 0 Å². The maximum absolute atomic E-state index is 10.0. The van der Waals surface area contributed by atoms with Gasteiger partial charge in [-0.1, -0.05) is 6.07 Å². The molecule has 3 nitrogen and oxygen atoms in total. The van der Waals surface area contributed by atoms with Crippen molar-refractivity contribution in [2.75, 3.05) is 13.7 Å². The number of halogens is 1. The first-order valence-electron chi connectivity index (χ1n) is 5.83. The Bertz CT molecular complexity index is 375. The van der Waals surface area contributed by atoms with Crippen LogP contribution in [0.3, 0.4) is 0 Å². The van der Waals surface area contributed by atoms with Gasteiger partial charge in [0, 0.05) is 13.0 Å². The minimum Gasteiger partial charge on any atom is -0.496 e. The second-order valence-corrected chi connectivity index (χ2v) is 5.15. The summed E-state index contributed by atoms with van der Waals surface area (Å²) < 4.78 is 11.6. The zero-order valence-corrected chi connectivity index (χ0v) is 11.4. The standard InChI is InChI=1S/C13H17BrO3/c1-16-12-5-4-9(7-10(12)14)8-11(15)13-3-2-6-17-13/h4-5,7,11,13,15H,2-3,6,8H2,1H3. The summed E-state index contributed by atoms with van der Waals surface area (Å²) in [5.74, 6) is 0.806. The van der Waals surface area contributed by atoms with E-state index in [9.17, 15) is 5.11 Å². The first-order valence-corrected chi connectivity index (χ1v) is 6.62. The molecule has 2 rings (SSSR count). The molecule has 94 valence electrons. The fourth-order valence-corrected chi connectivity index (χ4v) is 2.70. The van der Waals surface area contributed by atoms with Crippen molar-refractivity contribution in [1.29, 1.82) is 0 Å². The van der Waals surface area contributed by atoms with Gasteiger partial charge in [-0.05, 0) is 46.5 Å². The Morgan fingerprint density at radius 1 is 1.59 bits per heavy atom. The third-order valence-corrected chi connectivity index (χ3v) is 3.67. The van der Waals surface area contributed by atoms with Crippen molar-refractivity contribution in [3.05, 3.63) is 28.2 Å². The second-order valence-electron chi connectivity index (χ2n) is 4.29. The minimum atomic E-state index is -0.419. The van der Waals surface area contributed by atoms with Gasteiger partial charge in [0.05, 0.1) is 23.8 Å². The molecule has 0 amide bonds. The predicted octanol–water partition coefficient (Wildman–Crippen LogP) is 2.54. The summed E-state index contributed by atoms with van der Waals surface area (Å²) in [6.07, 6.45) is 2.20. The number of hydrogen-bond acceptors (Lipinski definition) is 3. The number of methoxy groups -OCH3 is 1. The van der Waals surface area contributed by atoms with Crippen molar-refractivity contribution < 1.29 is 14.6 Å². The lowest BCUT2D eigenvalue weighted by molar-refractivity contribution is -0.000781. The van der Waals surface area contributed by atoms with Gasteiger partial charge in [0.1, 0.15) is 5.75 Å². The summed E-state index contributed by atoms with van der Waals surface area (Å²) in [5.41, 5.74) is 1.08. The minimum absolute atomic E-state index is 0.00382. The molecule has 1 heterocycles. The van der Waals surface area contributed by atoms with Gasteiger partial charge in [-0.3, -0.25) is 0 Å².